The van der Waals surface area contributed by atoms with Crippen molar-refractivity contribution in [3.8, 4) is 0 Å². The van der Waals surface area contributed by atoms with Gasteiger partial charge in [0.2, 0.25) is 0 Å². The van der Waals surface area contributed by atoms with Gasteiger partial charge in [0.25, 0.3) is 0 Å². The number of aryl methyl sites for hydroxylation is 2. The van der Waals surface area contributed by atoms with E-state index in [-0.39, 0.29) is 0 Å². The molecule has 0 amide bonds. The highest BCUT2D eigenvalue weighted by atomic mass is 16.5. The molecule has 112 valence electrons. The number of esters is 2. The predicted molar refractivity (Wildman–Crippen MR) is 80.0 cm³/mol. The second-order valence-electron chi connectivity index (χ2n) is 5.37. The van der Waals surface area contributed by atoms with Gasteiger partial charge >= 0.3 is 11.9 Å². The van der Waals surface area contributed by atoms with E-state index in [1.807, 2.05) is 26.0 Å². The molecule has 1 aromatic rings. The molecule has 1 aromatic carbocycles. The van der Waals surface area contributed by atoms with E-state index in [0.717, 1.165) is 22.4 Å². The summed E-state index contributed by atoms with van der Waals surface area (Å²) in [6.07, 6.45) is 1.56. The highest BCUT2D eigenvalue weighted by Gasteiger charge is 2.39. The van der Waals surface area contributed by atoms with E-state index < -0.39 is 17.5 Å². The lowest BCUT2D eigenvalue weighted by atomic mass is 9.86. The number of benzene rings is 1. The summed E-state index contributed by atoms with van der Waals surface area (Å²) in [5.74, 6) is -0.937. The Morgan fingerprint density at radius 1 is 1.14 bits per heavy atom. The van der Waals surface area contributed by atoms with Crippen LogP contribution in [0, 0.1) is 13.8 Å². The highest BCUT2D eigenvalue weighted by molar-refractivity contribution is 6.21. The van der Waals surface area contributed by atoms with E-state index in [0.29, 0.717) is 5.57 Å². The SMILES string of the molecule is COC(=O)C1=C[C@@](C)(C(=O)OC)Nc2cc(C)cc(C)c21. The molecule has 1 aliphatic heterocycles. The Morgan fingerprint density at radius 2 is 1.81 bits per heavy atom. The summed E-state index contributed by atoms with van der Waals surface area (Å²) in [7, 11) is 2.64. The van der Waals surface area contributed by atoms with Gasteiger partial charge in [0.1, 0.15) is 0 Å². The molecule has 0 radical (unpaired) electrons. The van der Waals surface area contributed by atoms with Crippen molar-refractivity contribution in [2.75, 3.05) is 19.5 Å². The topological polar surface area (TPSA) is 64.6 Å². The molecule has 0 saturated carbocycles. The first-order chi connectivity index (χ1) is 9.82. The Morgan fingerprint density at radius 3 is 2.38 bits per heavy atom. The van der Waals surface area contributed by atoms with Gasteiger partial charge in [-0.3, -0.25) is 0 Å². The van der Waals surface area contributed by atoms with Crippen molar-refractivity contribution in [1.29, 1.82) is 0 Å². The maximum atomic E-state index is 12.1. The largest absolute Gasteiger partial charge is 0.467 e. The Labute approximate surface area is 123 Å². The second kappa shape index (κ2) is 5.24. The number of carbonyl (C=O) groups excluding carboxylic acids is 2. The van der Waals surface area contributed by atoms with Crippen LogP contribution < -0.4 is 5.32 Å². The Hall–Kier alpha value is -2.30. The molecule has 0 saturated heterocycles. The minimum Gasteiger partial charge on any atom is -0.467 e. The summed E-state index contributed by atoms with van der Waals surface area (Å²) < 4.78 is 9.68. The number of hydrogen-bond donors (Lipinski definition) is 1. The maximum absolute atomic E-state index is 12.1. The van der Waals surface area contributed by atoms with Crippen molar-refractivity contribution in [2.45, 2.75) is 26.3 Å². The van der Waals surface area contributed by atoms with Gasteiger partial charge in [0.05, 0.1) is 19.8 Å². The Kier molecular flexibility index (Phi) is 3.77. The zero-order chi connectivity index (χ0) is 15.8. The summed E-state index contributed by atoms with van der Waals surface area (Å²) in [6.45, 7) is 5.55. The Balaban J connectivity index is 2.69. The lowest BCUT2D eigenvalue weighted by Crippen LogP contribution is -2.45. The summed E-state index contributed by atoms with van der Waals surface area (Å²) in [4.78, 5) is 24.1. The fourth-order valence-electron chi connectivity index (χ4n) is 2.69. The van der Waals surface area contributed by atoms with Crippen LogP contribution in [-0.2, 0) is 19.1 Å². The molecule has 5 nitrogen and oxygen atoms in total. The van der Waals surface area contributed by atoms with Gasteiger partial charge in [-0.05, 0) is 44.0 Å². The molecule has 1 N–H and O–H groups in total. The number of methoxy groups -OCH3 is 2. The van der Waals surface area contributed by atoms with Gasteiger partial charge in [0.15, 0.2) is 5.54 Å². The molecule has 5 heteroatoms. The van der Waals surface area contributed by atoms with Crippen molar-refractivity contribution in [1.82, 2.24) is 0 Å². The number of anilines is 1. The van der Waals surface area contributed by atoms with Crippen LogP contribution >= 0.6 is 0 Å². The molecule has 0 fully saturated rings. The van der Waals surface area contributed by atoms with Gasteiger partial charge in [-0.25, -0.2) is 9.59 Å². The van der Waals surface area contributed by atoms with Crippen molar-refractivity contribution < 1.29 is 19.1 Å². The minimum absolute atomic E-state index is 0.372. The third kappa shape index (κ3) is 2.51. The number of nitrogens with one attached hydrogen (secondary N) is 1. The third-order valence-electron chi connectivity index (χ3n) is 3.59. The average Bonchev–Trinajstić information content (AvgIpc) is 2.43. The number of ether oxygens (including phenoxy) is 2. The molecule has 2 rings (SSSR count). The molecule has 0 aliphatic carbocycles. The third-order valence-corrected chi connectivity index (χ3v) is 3.59. The first kappa shape index (κ1) is 15.1. The molecule has 0 unspecified atom stereocenters. The fourth-order valence-corrected chi connectivity index (χ4v) is 2.69. The smallest absolute Gasteiger partial charge is 0.338 e. The van der Waals surface area contributed by atoms with Crippen molar-refractivity contribution >= 4 is 23.2 Å². The van der Waals surface area contributed by atoms with Gasteiger partial charge in [-0.2, -0.15) is 0 Å². The monoisotopic (exact) mass is 289 g/mol. The number of carbonyl (C=O) groups is 2. The zero-order valence-electron chi connectivity index (χ0n) is 12.9. The van der Waals surface area contributed by atoms with Crippen LogP contribution in [-0.4, -0.2) is 31.7 Å². The average molecular weight is 289 g/mol. The van der Waals surface area contributed by atoms with Crippen LogP contribution in [0.4, 0.5) is 5.69 Å². The predicted octanol–water partition coefficient (Wildman–Crippen LogP) is 2.22. The van der Waals surface area contributed by atoms with Gasteiger partial charge < -0.3 is 14.8 Å². The first-order valence-electron chi connectivity index (χ1n) is 6.62. The number of hydrogen-bond acceptors (Lipinski definition) is 5. The van der Waals surface area contributed by atoms with E-state index in [9.17, 15) is 9.59 Å². The minimum atomic E-state index is -1.11. The first-order valence-corrected chi connectivity index (χ1v) is 6.62. The van der Waals surface area contributed by atoms with E-state index >= 15 is 0 Å². The van der Waals surface area contributed by atoms with Crippen LogP contribution in [0.3, 0.4) is 0 Å². The van der Waals surface area contributed by atoms with E-state index in [1.54, 1.807) is 13.0 Å². The quantitative estimate of drug-likeness (QED) is 0.846. The summed E-state index contributed by atoms with van der Waals surface area (Å²) in [5.41, 5.74) is 2.73. The second-order valence-corrected chi connectivity index (χ2v) is 5.37. The van der Waals surface area contributed by atoms with Gasteiger partial charge in [-0.15, -0.1) is 0 Å². The van der Waals surface area contributed by atoms with Crippen LogP contribution in [0.15, 0.2) is 18.2 Å². The molecule has 21 heavy (non-hydrogen) atoms. The molecule has 0 spiro atoms. The van der Waals surface area contributed by atoms with Crippen LogP contribution in [0.5, 0.6) is 0 Å². The van der Waals surface area contributed by atoms with Crippen LogP contribution in [0.25, 0.3) is 5.57 Å². The van der Waals surface area contributed by atoms with Crippen LogP contribution in [0.1, 0.15) is 23.6 Å². The molecule has 0 aromatic heterocycles. The van der Waals surface area contributed by atoms with E-state index in [1.165, 1.54) is 14.2 Å². The highest BCUT2D eigenvalue weighted by Crippen LogP contribution is 2.37. The lowest BCUT2D eigenvalue weighted by Gasteiger charge is -2.33. The van der Waals surface area contributed by atoms with Gasteiger partial charge in [0, 0.05) is 11.3 Å². The fraction of sp³-hybridized carbons (Fsp3) is 0.375. The molecular formula is C16H19NO4. The molecule has 1 aliphatic rings. The summed E-state index contributed by atoms with van der Waals surface area (Å²) in [6, 6.07) is 3.89. The molecule has 1 atom stereocenters. The number of rotatable bonds is 2. The summed E-state index contributed by atoms with van der Waals surface area (Å²) >= 11 is 0. The van der Waals surface area contributed by atoms with Crippen molar-refractivity contribution in [3.05, 3.63) is 34.9 Å². The van der Waals surface area contributed by atoms with Gasteiger partial charge in [-0.1, -0.05) is 6.07 Å². The summed E-state index contributed by atoms with van der Waals surface area (Å²) in [5, 5.41) is 3.16. The molecule has 1 heterocycles. The lowest BCUT2D eigenvalue weighted by molar-refractivity contribution is -0.143. The zero-order valence-corrected chi connectivity index (χ0v) is 12.9. The molecule has 0 bridgehead atoms. The van der Waals surface area contributed by atoms with E-state index in [2.05, 4.69) is 5.32 Å². The maximum Gasteiger partial charge on any atom is 0.338 e. The number of fused-ring (bicyclic) bond motifs is 1. The van der Waals surface area contributed by atoms with E-state index in [4.69, 9.17) is 9.47 Å². The normalized spacial score (nSPS) is 20.0. The van der Waals surface area contributed by atoms with Crippen molar-refractivity contribution in [3.63, 3.8) is 0 Å². The van der Waals surface area contributed by atoms with Crippen LogP contribution in [0.2, 0.25) is 0 Å². The Bertz CT molecular complexity index is 648. The standard InChI is InChI=1S/C16H19NO4/c1-9-6-10(2)13-11(14(18)20-4)8-16(3,15(19)21-5)17-12(13)7-9/h6-8,17H,1-5H3/t16-/m0/s1. The molecular weight excluding hydrogens is 270 g/mol. The van der Waals surface area contributed by atoms with Crippen molar-refractivity contribution in [2.24, 2.45) is 0 Å².